The highest BCUT2D eigenvalue weighted by Gasteiger charge is 2.22. The first kappa shape index (κ1) is 15.2. The number of nitrogens with zero attached hydrogens (tertiary/aromatic N) is 5. The molecule has 118 valence electrons. The average molecular weight is 329 g/mol. The molecule has 8 heteroatoms. The predicted molar refractivity (Wildman–Crippen MR) is 88.6 cm³/mol. The molecule has 0 bridgehead atoms. The van der Waals surface area contributed by atoms with Crippen molar-refractivity contribution >= 4 is 23.1 Å². The second kappa shape index (κ2) is 5.81. The molecule has 3 rings (SSSR count). The Balaban J connectivity index is 1.99. The smallest absolute Gasteiger partial charge is 0.294 e. The van der Waals surface area contributed by atoms with Crippen molar-refractivity contribution in [3.63, 3.8) is 0 Å². The van der Waals surface area contributed by atoms with Crippen molar-refractivity contribution in [2.24, 2.45) is 0 Å². The maximum atomic E-state index is 12.6. The number of aryl methyl sites for hydroxylation is 2. The van der Waals surface area contributed by atoms with E-state index in [-0.39, 0.29) is 0 Å². The fraction of sp³-hybridized carbons (Fsp3) is 0.200. The third-order valence-electron chi connectivity index (χ3n) is 3.51. The van der Waals surface area contributed by atoms with Gasteiger partial charge in [0.05, 0.1) is 11.4 Å². The maximum Gasteiger partial charge on any atom is 0.377 e. The van der Waals surface area contributed by atoms with Crippen molar-refractivity contribution in [1.29, 1.82) is 0 Å². The zero-order valence-corrected chi connectivity index (χ0v) is 13.7. The van der Waals surface area contributed by atoms with E-state index < -0.39 is 11.7 Å². The Morgan fingerprint density at radius 2 is 1.87 bits per heavy atom. The summed E-state index contributed by atoms with van der Waals surface area (Å²) in [7, 11) is 1.62. The molecule has 23 heavy (non-hydrogen) atoms. The monoisotopic (exact) mass is 329 g/mol. The number of amides is 1. The largest absolute Gasteiger partial charge is 0.377 e. The Morgan fingerprint density at radius 3 is 2.48 bits per heavy atom. The molecule has 0 saturated carbocycles. The topological polar surface area (TPSA) is 73.0 Å². The van der Waals surface area contributed by atoms with E-state index in [4.69, 9.17) is 0 Å². The summed E-state index contributed by atoms with van der Waals surface area (Å²) in [6.07, 6.45) is 0. The van der Waals surface area contributed by atoms with E-state index in [9.17, 15) is 9.59 Å². The van der Waals surface area contributed by atoms with Crippen molar-refractivity contribution in [2.45, 2.75) is 13.8 Å². The highest BCUT2D eigenvalue weighted by Crippen LogP contribution is 2.29. The minimum absolute atomic E-state index is 0.540. The molecule has 0 aliphatic carbocycles. The van der Waals surface area contributed by atoms with Crippen LogP contribution in [0.4, 0.5) is 10.5 Å². The van der Waals surface area contributed by atoms with Gasteiger partial charge in [-0.3, -0.25) is 4.90 Å². The van der Waals surface area contributed by atoms with Crippen LogP contribution in [0.2, 0.25) is 0 Å². The maximum absolute atomic E-state index is 12.6. The van der Waals surface area contributed by atoms with Crippen molar-refractivity contribution in [1.82, 2.24) is 19.8 Å². The van der Waals surface area contributed by atoms with Crippen LogP contribution < -0.4 is 10.6 Å². The van der Waals surface area contributed by atoms with E-state index in [1.165, 1.54) is 4.90 Å². The minimum atomic E-state index is -0.599. The van der Waals surface area contributed by atoms with Crippen LogP contribution in [0, 0.1) is 13.8 Å². The molecule has 0 spiro atoms. The van der Waals surface area contributed by atoms with E-state index in [0.29, 0.717) is 5.69 Å². The molecule has 2 heterocycles. The lowest BCUT2D eigenvalue weighted by Crippen LogP contribution is -2.39. The van der Waals surface area contributed by atoms with Gasteiger partial charge in [0.2, 0.25) is 0 Å². The van der Waals surface area contributed by atoms with Gasteiger partial charge >= 0.3 is 11.7 Å². The summed E-state index contributed by atoms with van der Waals surface area (Å²) in [5.74, 6) is 0. The molecule has 0 atom stereocenters. The first-order valence-corrected chi connectivity index (χ1v) is 7.82. The number of thiophene rings is 1. The number of benzene rings is 1. The molecule has 2 aromatic heterocycles. The van der Waals surface area contributed by atoms with E-state index in [0.717, 1.165) is 25.5 Å². The number of hydrogen-bond donors (Lipinski definition) is 0. The molecular weight excluding hydrogens is 314 g/mol. The molecule has 1 aromatic carbocycles. The van der Waals surface area contributed by atoms with Gasteiger partial charge in [-0.05, 0) is 47.4 Å². The first-order chi connectivity index (χ1) is 11.0. The van der Waals surface area contributed by atoms with E-state index in [1.807, 2.05) is 25.3 Å². The molecular formula is C15H15N5O2S. The number of aromatic nitrogens is 4. The molecule has 7 nitrogen and oxygen atoms in total. The van der Waals surface area contributed by atoms with E-state index >= 15 is 0 Å². The molecule has 0 N–H and O–H groups in total. The number of carbonyl (C=O) groups is 1. The SMILES string of the molecule is Cc1csc(C)c1N(C)C(=O)n1nnn(-c2ccccc2)c1=O. The number of anilines is 1. The average Bonchev–Trinajstić information content (AvgIpc) is 3.09. The molecule has 1 amide bonds. The van der Waals surface area contributed by atoms with Crippen molar-refractivity contribution < 1.29 is 4.79 Å². The van der Waals surface area contributed by atoms with Gasteiger partial charge in [0.25, 0.3) is 0 Å². The highest BCUT2D eigenvalue weighted by molar-refractivity contribution is 7.10. The Hall–Kier alpha value is -2.74. The summed E-state index contributed by atoms with van der Waals surface area (Å²) in [5, 5.41) is 9.47. The summed E-state index contributed by atoms with van der Waals surface area (Å²) in [5.41, 5.74) is 1.73. The van der Waals surface area contributed by atoms with Crippen LogP contribution in [0.5, 0.6) is 0 Å². The Morgan fingerprint density at radius 1 is 1.17 bits per heavy atom. The van der Waals surface area contributed by atoms with Gasteiger partial charge in [0, 0.05) is 11.9 Å². The van der Waals surface area contributed by atoms with Crippen LogP contribution in [0.15, 0.2) is 40.5 Å². The number of rotatable bonds is 2. The zero-order valence-electron chi connectivity index (χ0n) is 12.9. The number of tetrazole rings is 1. The summed E-state index contributed by atoms with van der Waals surface area (Å²) >= 11 is 1.56. The summed E-state index contributed by atoms with van der Waals surface area (Å²) < 4.78 is 1.86. The zero-order chi connectivity index (χ0) is 16.6. The van der Waals surface area contributed by atoms with Crippen LogP contribution >= 0.6 is 11.3 Å². The normalized spacial score (nSPS) is 10.7. The van der Waals surface area contributed by atoms with Crippen molar-refractivity contribution in [3.8, 4) is 5.69 Å². The van der Waals surface area contributed by atoms with Gasteiger partial charge in [-0.15, -0.1) is 16.0 Å². The van der Waals surface area contributed by atoms with Crippen molar-refractivity contribution in [3.05, 3.63) is 56.6 Å². The quantitative estimate of drug-likeness (QED) is 0.676. The summed E-state index contributed by atoms with van der Waals surface area (Å²) in [6, 6.07) is 8.31. The lowest BCUT2D eigenvalue weighted by Gasteiger charge is -2.16. The second-order valence-electron chi connectivity index (χ2n) is 5.09. The predicted octanol–water partition coefficient (Wildman–Crippen LogP) is 2.21. The summed E-state index contributed by atoms with van der Waals surface area (Å²) in [6.45, 7) is 3.85. The molecule has 0 aliphatic rings. The lowest BCUT2D eigenvalue weighted by atomic mass is 10.2. The third-order valence-corrected chi connectivity index (χ3v) is 4.52. The number of para-hydroxylation sites is 1. The molecule has 0 saturated heterocycles. The molecule has 0 aliphatic heterocycles. The van der Waals surface area contributed by atoms with Crippen LogP contribution in [-0.2, 0) is 0 Å². The van der Waals surface area contributed by atoms with Crippen LogP contribution in [0.3, 0.4) is 0 Å². The third kappa shape index (κ3) is 2.57. The number of carbonyl (C=O) groups excluding carboxylic acids is 1. The lowest BCUT2D eigenvalue weighted by molar-refractivity contribution is 0.245. The fourth-order valence-corrected chi connectivity index (χ4v) is 3.28. The van der Waals surface area contributed by atoms with Crippen LogP contribution in [-0.4, -0.2) is 32.9 Å². The van der Waals surface area contributed by atoms with E-state index in [1.54, 1.807) is 42.6 Å². The molecule has 3 aromatic rings. The van der Waals surface area contributed by atoms with E-state index in [2.05, 4.69) is 10.4 Å². The van der Waals surface area contributed by atoms with Gasteiger partial charge in [-0.1, -0.05) is 18.2 Å². The molecule has 0 fully saturated rings. The Bertz CT molecular complexity index is 890. The van der Waals surface area contributed by atoms with Crippen molar-refractivity contribution in [2.75, 3.05) is 11.9 Å². The van der Waals surface area contributed by atoms with Gasteiger partial charge in [-0.2, -0.15) is 4.68 Å². The Kier molecular flexibility index (Phi) is 3.83. The summed E-state index contributed by atoms with van der Waals surface area (Å²) in [4.78, 5) is 27.4. The Labute approximate surface area is 136 Å². The first-order valence-electron chi connectivity index (χ1n) is 6.94. The highest BCUT2D eigenvalue weighted by atomic mass is 32.1. The van der Waals surface area contributed by atoms with Gasteiger partial charge < -0.3 is 0 Å². The molecule has 0 unspecified atom stereocenters. The minimum Gasteiger partial charge on any atom is -0.294 e. The van der Waals surface area contributed by atoms with Gasteiger partial charge in [0.15, 0.2) is 0 Å². The molecule has 0 radical (unpaired) electrons. The standard InChI is InChI=1S/C15H15N5O2S/c1-10-9-23-11(2)13(10)18(3)14(21)20-15(22)19(16-17-20)12-7-5-4-6-8-12/h4-9H,1-3H3. The van der Waals surface area contributed by atoms with Gasteiger partial charge in [-0.25, -0.2) is 9.59 Å². The van der Waals surface area contributed by atoms with Gasteiger partial charge in [0.1, 0.15) is 0 Å². The van der Waals surface area contributed by atoms with Crippen LogP contribution in [0.25, 0.3) is 5.69 Å². The fourth-order valence-electron chi connectivity index (χ4n) is 2.40. The second-order valence-corrected chi connectivity index (χ2v) is 6.17. The number of hydrogen-bond acceptors (Lipinski definition) is 5. The van der Waals surface area contributed by atoms with Crippen LogP contribution in [0.1, 0.15) is 10.4 Å².